The minimum atomic E-state index is -2.13. The molecule has 10 heteroatoms. The van der Waals surface area contributed by atoms with Crippen molar-refractivity contribution in [1.29, 1.82) is 0 Å². The van der Waals surface area contributed by atoms with E-state index in [0.29, 0.717) is 5.56 Å². The zero-order valence-corrected chi connectivity index (χ0v) is 25.4. The molecule has 1 atom stereocenters. The standard InChI is InChI=1S/C34H38N2O8/c1-5-41-29(37)34(22-36-32(40)44-33(2,3)4,30(38)42-19-23-13-7-6-8-14-23)21-35-31(39)43-20-28-26-17-11-9-15-24(26)25-16-10-12-18-27(25)28/h6-18,28H,5,19-22H2,1-4H3,(H,35,39)(H,36,40). The van der Waals surface area contributed by atoms with E-state index in [1.165, 1.54) is 0 Å². The Bertz CT molecular complexity index is 1440. The summed E-state index contributed by atoms with van der Waals surface area (Å²) in [4.78, 5) is 52.5. The number of amides is 2. The van der Waals surface area contributed by atoms with Crippen LogP contribution < -0.4 is 10.6 Å². The minimum absolute atomic E-state index is 0.0286. The van der Waals surface area contributed by atoms with E-state index in [4.69, 9.17) is 18.9 Å². The molecule has 0 bridgehead atoms. The zero-order chi connectivity index (χ0) is 31.7. The number of fused-ring (bicyclic) bond motifs is 3. The first-order valence-electron chi connectivity index (χ1n) is 14.5. The van der Waals surface area contributed by atoms with Gasteiger partial charge in [0.15, 0.2) is 5.41 Å². The van der Waals surface area contributed by atoms with Crippen LogP contribution in [0.25, 0.3) is 11.1 Å². The first-order valence-corrected chi connectivity index (χ1v) is 14.5. The Morgan fingerprint density at radius 2 is 1.20 bits per heavy atom. The fourth-order valence-corrected chi connectivity index (χ4v) is 4.97. The number of rotatable bonds is 11. The number of carbonyl (C=O) groups is 4. The topological polar surface area (TPSA) is 129 Å². The van der Waals surface area contributed by atoms with E-state index in [2.05, 4.69) is 10.6 Å². The minimum Gasteiger partial charge on any atom is -0.465 e. The van der Waals surface area contributed by atoms with Crippen LogP contribution in [0.15, 0.2) is 78.9 Å². The lowest BCUT2D eigenvalue weighted by molar-refractivity contribution is -0.172. The molecule has 4 rings (SSSR count). The second-order valence-corrected chi connectivity index (χ2v) is 11.4. The molecule has 0 fully saturated rings. The summed E-state index contributed by atoms with van der Waals surface area (Å²) in [5.74, 6) is -2.16. The lowest BCUT2D eigenvalue weighted by Crippen LogP contribution is -2.56. The van der Waals surface area contributed by atoms with E-state index in [1.807, 2.05) is 54.6 Å². The number of carbonyl (C=O) groups excluding carboxylic acids is 4. The number of alkyl carbamates (subject to hydrolysis) is 2. The summed E-state index contributed by atoms with van der Waals surface area (Å²) in [7, 11) is 0. The van der Waals surface area contributed by atoms with Crippen molar-refractivity contribution in [2.24, 2.45) is 5.41 Å². The van der Waals surface area contributed by atoms with Crippen molar-refractivity contribution in [2.45, 2.75) is 45.8 Å². The number of esters is 2. The maximum absolute atomic E-state index is 13.6. The van der Waals surface area contributed by atoms with Crippen molar-refractivity contribution >= 4 is 24.1 Å². The van der Waals surface area contributed by atoms with Gasteiger partial charge < -0.3 is 29.6 Å². The summed E-state index contributed by atoms with van der Waals surface area (Å²) in [5.41, 5.74) is 1.95. The van der Waals surface area contributed by atoms with Gasteiger partial charge >= 0.3 is 24.1 Å². The van der Waals surface area contributed by atoms with Crippen LogP contribution in [-0.2, 0) is 35.1 Å². The molecule has 3 aromatic carbocycles. The normalized spacial score (nSPS) is 13.5. The maximum Gasteiger partial charge on any atom is 0.407 e. The molecule has 0 saturated carbocycles. The monoisotopic (exact) mass is 602 g/mol. The fourth-order valence-electron chi connectivity index (χ4n) is 4.97. The van der Waals surface area contributed by atoms with Crippen molar-refractivity contribution in [3.63, 3.8) is 0 Å². The van der Waals surface area contributed by atoms with Gasteiger partial charge in [0.1, 0.15) is 18.8 Å². The Labute approximate surface area is 257 Å². The average molecular weight is 603 g/mol. The van der Waals surface area contributed by atoms with Crippen LogP contribution >= 0.6 is 0 Å². The van der Waals surface area contributed by atoms with Crippen molar-refractivity contribution in [2.75, 3.05) is 26.3 Å². The quantitative estimate of drug-likeness (QED) is 0.171. The number of benzene rings is 3. The molecule has 3 aromatic rings. The molecule has 0 aromatic heterocycles. The molecule has 10 nitrogen and oxygen atoms in total. The zero-order valence-electron chi connectivity index (χ0n) is 25.4. The lowest BCUT2D eigenvalue weighted by Gasteiger charge is -2.30. The Morgan fingerprint density at radius 1 is 0.682 bits per heavy atom. The van der Waals surface area contributed by atoms with E-state index in [9.17, 15) is 19.2 Å². The summed E-state index contributed by atoms with van der Waals surface area (Å²) in [6.07, 6.45) is -1.71. The summed E-state index contributed by atoms with van der Waals surface area (Å²) >= 11 is 0. The van der Waals surface area contributed by atoms with Gasteiger partial charge in [0, 0.05) is 19.0 Å². The third kappa shape index (κ3) is 7.75. The molecule has 2 amide bonds. The molecule has 1 unspecified atom stereocenters. The molecule has 0 spiro atoms. The Morgan fingerprint density at radius 3 is 1.77 bits per heavy atom. The third-order valence-corrected chi connectivity index (χ3v) is 7.08. The SMILES string of the molecule is CCOC(=O)C(CNC(=O)OCC1c2ccccc2-c2ccccc21)(CNC(=O)OC(C)(C)C)C(=O)OCc1ccccc1. The number of ether oxygens (including phenoxy) is 4. The van der Waals surface area contributed by atoms with Crippen molar-refractivity contribution in [1.82, 2.24) is 10.6 Å². The van der Waals surface area contributed by atoms with Crippen LogP contribution in [0.5, 0.6) is 0 Å². The largest absolute Gasteiger partial charge is 0.465 e. The molecule has 232 valence electrons. The number of hydrogen-bond donors (Lipinski definition) is 2. The highest BCUT2D eigenvalue weighted by atomic mass is 16.6. The molecule has 44 heavy (non-hydrogen) atoms. The second-order valence-electron chi connectivity index (χ2n) is 11.4. The number of hydrogen-bond acceptors (Lipinski definition) is 8. The molecule has 0 radical (unpaired) electrons. The lowest BCUT2D eigenvalue weighted by atomic mass is 9.87. The Balaban J connectivity index is 1.51. The molecule has 1 aliphatic rings. The van der Waals surface area contributed by atoms with Gasteiger partial charge in [-0.2, -0.15) is 0 Å². The van der Waals surface area contributed by atoms with Crippen LogP contribution in [-0.4, -0.2) is 56.0 Å². The van der Waals surface area contributed by atoms with Crippen molar-refractivity contribution < 1.29 is 38.1 Å². The van der Waals surface area contributed by atoms with E-state index in [0.717, 1.165) is 22.3 Å². The summed E-state index contributed by atoms with van der Waals surface area (Å²) in [6.45, 7) is 5.33. The molecule has 0 heterocycles. The average Bonchev–Trinajstić information content (AvgIpc) is 3.32. The molecular formula is C34H38N2O8. The smallest absolute Gasteiger partial charge is 0.407 e. The predicted molar refractivity (Wildman–Crippen MR) is 163 cm³/mol. The van der Waals surface area contributed by atoms with Crippen molar-refractivity contribution in [3.8, 4) is 11.1 Å². The Kier molecular flexibility index (Phi) is 10.3. The Hall–Kier alpha value is -4.86. The third-order valence-electron chi connectivity index (χ3n) is 7.08. The highest BCUT2D eigenvalue weighted by Gasteiger charge is 2.50. The van der Waals surface area contributed by atoms with E-state index < -0.39 is 48.2 Å². The molecular weight excluding hydrogens is 564 g/mol. The first-order chi connectivity index (χ1) is 21.0. The molecule has 2 N–H and O–H groups in total. The summed E-state index contributed by atoms with van der Waals surface area (Å²) in [6, 6.07) is 24.7. The number of nitrogens with one attached hydrogen (secondary N) is 2. The highest BCUT2D eigenvalue weighted by molar-refractivity contribution is 6.01. The van der Waals surface area contributed by atoms with Crippen molar-refractivity contribution in [3.05, 3.63) is 95.6 Å². The van der Waals surface area contributed by atoms with E-state index in [-0.39, 0.29) is 25.7 Å². The van der Waals surface area contributed by atoms with Gasteiger partial charge in [-0.3, -0.25) is 9.59 Å². The van der Waals surface area contributed by atoms with Crippen LogP contribution in [0.4, 0.5) is 9.59 Å². The van der Waals surface area contributed by atoms with Crippen LogP contribution in [0.2, 0.25) is 0 Å². The first kappa shape index (κ1) is 32.1. The van der Waals surface area contributed by atoms with Gasteiger partial charge in [0.05, 0.1) is 6.61 Å². The fraction of sp³-hybridized carbons (Fsp3) is 0.353. The van der Waals surface area contributed by atoms with Crippen LogP contribution in [0.1, 0.15) is 50.3 Å². The van der Waals surface area contributed by atoms with Crippen LogP contribution in [0.3, 0.4) is 0 Å². The van der Waals surface area contributed by atoms with Gasteiger partial charge in [-0.05, 0) is 55.5 Å². The van der Waals surface area contributed by atoms with E-state index >= 15 is 0 Å². The highest BCUT2D eigenvalue weighted by Crippen LogP contribution is 2.44. The second kappa shape index (κ2) is 14.1. The van der Waals surface area contributed by atoms with Crippen LogP contribution in [0, 0.1) is 5.41 Å². The van der Waals surface area contributed by atoms with E-state index in [1.54, 1.807) is 52.0 Å². The summed E-state index contributed by atoms with van der Waals surface area (Å²) in [5, 5.41) is 5.00. The predicted octanol–water partition coefficient (Wildman–Crippen LogP) is 5.34. The molecule has 1 aliphatic carbocycles. The molecule has 0 aliphatic heterocycles. The van der Waals surface area contributed by atoms with Gasteiger partial charge in [-0.1, -0.05) is 78.9 Å². The molecule has 0 saturated heterocycles. The van der Waals surface area contributed by atoms with Gasteiger partial charge in [-0.15, -0.1) is 0 Å². The summed E-state index contributed by atoms with van der Waals surface area (Å²) < 4.78 is 21.7. The maximum atomic E-state index is 13.6. The van der Waals surface area contributed by atoms with Gasteiger partial charge in [0.25, 0.3) is 0 Å². The van der Waals surface area contributed by atoms with Gasteiger partial charge in [0.2, 0.25) is 0 Å². The van der Waals surface area contributed by atoms with Gasteiger partial charge in [-0.25, -0.2) is 9.59 Å².